The van der Waals surface area contributed by atoms with Crippen molar-refractivity contribution in [3.8, 4) is 5.75 Å². The highest BCUT2D eigenvalue weighted by molar-refractivity contribution is 6.06. The number of rotatable bonds is 2. The summed E-state index contributed by atoms with van der Waals surface area (Å²) in [5.41, 5.74) is 7.04. The largest absolute Gasteiger partial charge is 0.490 e. The van der Waals surface area contributed by atoms with E-state index in [1.54, 1.807) is 6.92 Å². The van der Waals surface area contributed by atoms with Gasteiger partial charge in [0.2, 0.25) is 0 Å². The molecule has 0 saturated heterocycles. The van der Waals surface area contributed by atoms with Gasteiger partial charge in [0.15, 0.2) is 0 Å². The second kappa shape index (κ2) is 6.52. The summed E-state index contributed by atoms with van der Waals surface area (Å²) in [7, 11) is 0. The first kappa shape index (κ1) is 17.2. The first-order chi connectivity index (χ1) is 10.5. The number of fused-ring (bicyclic) bond motifs is 1. The van der Waals surface area contributed by atoms with Crippen molar-refractivity contribution in [2.24, 2.45) is 5.73 Å². The van der Waals surface area contributed by atoms with Gasteiger partial charge >= 0.3 is 0 Å². The molecule has 2 aromatic carbocycles. The number of carbonyl (C=O) groups is 1. The second-order valence-corrected chi connectivity index (χ2v) is 5.17. The van der Waals surface area contributed by atoms with Crippen LogP contribution >= 0.6 is 12.4 Å². The molecule has 0 fully saturated rings. The number of benzene rings is 2. The molecule has 3 rings (SSSR count). The van der Waals surface area contributed by atoms with E-state index in [0.29, 0.717) is 11.3 Å². The third kappa shape index (κ3) is 3.13. The standard InChI is InChI=1S/C16H14F2N2O2.ClH/c1-8-6-9(2-4-11(8)17)20-16(21)10-3-5-12(18)14-13(19)7-22-15(10)14;/h2-6,13H,7,19H2,1H3,(H,20,21);1H. The van der Waals surface area contributed by atoms with Crippen LogP contribution in [-0.2, 0) is 0 Å². The molecule has 23 heavy (non-hydrogen) atoms. The monoisotopic (exact) mass is 340 g/mol. The van der Waals surface area contributed by atoms with Crippen molar-refractivity contribution >= 4 is 24.0 Å². The number of carbonyl (C=O) groups excluding carboxylic acids is 1. The molecule has 1 aliphatic rings. The van der Waals surface area contributed by atoms with Crippen LogP contribution < -0.4 is 15.8 Å². The lowest BCUT2D eigenvalue weighted by atomic mass is 10.0. The number of nitrogens with one attached hydrogen (secondary N) is 1. The zero-order chi connectivity index (χ0) is 15.9. The van der Waals surface area contributed by atoms with Gasteiger partial charge in [-0.2, -0.15) is 0 Å². The summed E-state index contributed by atoms with van der Waals surface area (Å²) < 4.78 is 32.4. The Morgan fingerprint density at radius 1 is 1.26 bits per heavy atom. The van der Waals surface area contributed by atoms with Crippen LogP contribution in [0, 0.1) is 18.6 Å². The summed E-state index contributed by atoms with van der Waals surface area (Å²) >= 11 is 0. The maximum absolute atomic E-state index is 13.8. The number of anilines is 1. The fourth-order valence-electron chi connectivity index (χ4n) is 2.43. The van der Waals surface area contributed by atoms with Gasteiger partial charge in [0.25, 0.3) is 5.91 Å². The molecule has 0 aliphatic carbocycles. The normalized spacial score (nSPS) is 15.4. The molecule has 1 heterocycles. The molecule has 7 heteroatoms. The van der Waals surface area contributed by atoms with Crippen LogP contribution in [0.15, 0.2) is 30.3 Å². The van der Waals surface area contributed by atoms with Gasteiger partial charge in [0, 0.05) is 5.69 Å². The maximum Gasteiger partial charge on any atom is 0.259 e. The van der Waals surface area contributed by atoms with E-state index in [4.69, 9.17) is 10.5 Å². The second-order valence-electron chi connectivity index (χ2n) is 5.17. The molecule has 1 atom stereocenters. The van der Waals surface area contributed by atoms with Crippen molar-refractivity contribution in [2.45, 2.75) is 13.0 Å². The molecule has 1 amide bonds. The molecule has 3 N–H and O–H groups in total. The minimum atomic E-state index is -0.587. The van der Waals surface area contributed by atoms with Gasteiger partial charge < -0.3 is 15.8 Å². The van der Waals surface area contributed by atoms with Gasteiger partial charge in [0.1, 0.15) is 24.0 Å². The Hall–Kier alpha value is -2.18. The molecule has 0 bridgehead atoms. The fourth-order valence-corrected chi connectivity index (χ4v) is 2.43. The Morgan fingerprint density at radius 3 is 2.65 bits per heavy atom. The molecule has 0 spiro atoms. The first-order valence-electron chi connectivity index (χ1n) is 6.75. The molecule has 4 nitrogen and oxygen atoms in total. The molecular weight excluding hydrogens is 326 g/mol. The highest BCUT2D eigenvalue weighted by Gasteiger charge is 2.29. The third-order valence-corrected chi connectivity index (χ3v) is 3.58. The van der Waals surface area contributed by atoms with Gasteiger partial charge in [-0.05, 0) is 42.8 Å². The average Bonchev–Trinajstić information content (AvgIpc) is 2.86. The Labute approximate surface area is 138 Å². The molecule has 122 valence electrons. The molecule has 0 aromatic heterocycles. The van der Waals surface area contributed by atoms with Crippen molar-refractivity contribution in [1.82, 2.24) is 0 Å². The van der Waals surface area contributed by atoms with Gasteiger partial charge in [-0.1, -0.05) is 0 Å². The zero-order valence-electron chi connectivity index (χ0n) is 12.2. The van der Waals surface area contributed by atoms with Gasteiger partial charge in [-0.3, -0.25) is 4.79 Å². The Bertz CT molecular complexity index is 768. The number of ether oxygens (including phenoxy) is 1. The van der Waals surface area contributed by atoms with E-state index in [1.807, 2.05) is 0 Å². The summed E-state index contributed by atoms with van der Waals surface area (Å²) in [6.45, 7) is 1.73. The average molecular weight is 341 g/mol. The van der Waals surface area contributed by atoms with Crippen LogP contribution in [0.25, 0.3) is 0 Å². The van der Waals surface area contributed by atoms with Crippen LogP contribution in [0.4, 0.5) is 14.5 Å². The van der Waals surface area contributed by atoms with Crippen LogP contribution in [0.5, 0.6) is 5.75 Å². The topological polar surface area (TPSA) is 64.3 Å². The Balaban J connectivity index is 0.00000192. The number of hydrogen-bond donors (Lipinski definition) is 2. The number of hydrogen-bond acceptors (Lipinski definition) is 3. The van der Waals surface area contributed by atoms with E-state index < -0.39 is 17.8 Å². The molecule has 1 unspecified atom stereocenters. The minimum absolute atomic E-state index is 0. The highest BCUT2D eigenvalue weighted by Crippen LogP contribution is 2.36. The van der Waals surface area contributed by atoms with E-state index in [1.165, 1.54) is 30.3 Å². The summed E-state index contributed by atoms with van der Waals surface area (Å²) in [6.07, 6.45) is 0. The predicted molar refractivity (Wildman–Crippen MR) is 85.2 cm³/mol. The summed E-state index contributed by atoms with van der Waals surface area (Å²) in [5.74, 6) is -1.13. The summed E-state index contributed by atoms with van der Waals surface area (Å²) in [4.78, 5) is 12.3. The van der Waals surface area contributed by atoms with Crippen molar-refractivity contribution < 1.29 is 18.3 Å². The van der Waals surface area contributed by atoms with Gasteiger partial charge in [-0.25, -0.2) is 8.78 Å². The number of amides is 1. The van der Waals surface area contributed by atoms with Crippen LogP contribution in [0.3, 0.4) is 0 Å². The minimum Gasteiger partial charge on any atom is -0.490 e. The van der Waals surface area contributed by atoms with Gasteiger partial charge in [-0.15, -0.1) is 12.4 Å². The quantitative estimate of drug-likeness (QED) is 0.881. The smallest absolute Gasteiger partial charge is 0.259 e. The van der Waals surface area contributed by atoms with Gasteiger partial charge in [0.05, 0.1) is 17.2 Å². The van der Waals surface area contributed by atoms with E-state index in [-0.39, 0.29) is 41.7 Å². The third-order valence-electron chi connectivity index (χ3n) is 3.58. The van der Waals surface area contributed by atoms with Crippen LogP contribution in [0.2, 0.25) is 0 Å². The maximum atomic E-state index is 13.8. The van der Waals surface area contributed by atoms with Crippen molar-refractivity contribution in [3.63, 3.8) is 0 Å². The van der Waals surface area contributed by atoms with Crippen LogP contribution in [-0.4, -0.2) is 12.5 Å². The predicted octanol–water partition coefficient (Wildman–Crippen LogP) is 3.34. The van der Waals surface area contributed by atoms with E-state index in [9.17, 15) is 13.6 Å². The molecule has 2 aromatic rings. The first-order valence-corrected chi connectivity index (χ1v) is 6.75. The molecular formula is C16H15ClF2N2O2. The van der Waals surface area contributed by atoms with E-state index in [0.717, 1.165) is 0 Å². The zero-order valence-corrected chi connectivity index (χ0v) is 13.0. The Morgan fingerprint density at radius 2 is 1.96 bits per heavy atom. The van der Waals surface area contributed by atoms with E-state index >= 15 is 0 Å². The van der Waals surface area contributed by atoms with Crippen LogP contribution in [0.1, 0.15) is 27.5 Å². The highest BCUT2D eigenvalue weighted by atomic mass is 35.5. The SMILES string of the molecule is Cc1cc(NC(=O)c2ccc(F)c3c2OCC3N)ccc1F.Cl. The fraction of sp³-hybridized carbons (Fsp3) is 0.188. The van der Waals surface area contributed by atoms with E-state index in [2.05, 4.69) is 5.32 Å². The van der Waals surface area contributed by atoms with Crippen molar-refractivity contribution in [2.75, 3.05) is 11.9 Å². The lowest BCUT2D eigenvalue weighted by molar-refractivity contribution is 0.102. The number of aryl methyl sites for hydroxylation is 1. The number of halogens is 3. The number of nitrogens with two attached hydrogens (primary N) is 1. The Kier molecular flexibility index (Phi) is 4.87. The molecule has 1 aliphatic heterocycles. The summed E-state index contributed by atoms with van der Waals surface area (Å²) in [6, 6.07) is 6.19. The summed E-state index contributed by atoms with van der Waals surface area (Å²) in [5, 5.41) is 2.64. The lowest BCUT2D eigenvalue weighted by Crippen LogP contribution is -2.14. The molecule has 0 saturated carbocycles. The lowest BCUT2D eigenvalue weighted by Gasteiger charge is -2.10. The van der Waals surface area contributed by atoms with Crippen molar-refractivity contribution in [1.29, 1.82) is 0 Å². The van der Waals surface area contributed by atoms with Crippen molar-refractivity contribution in [3.05, 3.63) is 58.7 Å². The molecule has 0 radical (unpaired) electrons.